The predicted octanol–water partition coefficient (Wildman–Crippen LogP) is 2.42. The zero-order valence-electron chi connectivity index (χ0n) is 16.5. The molecule has 148 valence electrons. The van der Waals surface area contributed by atoms with E-state index in [9.17, 15) is 9.59 Å². The Balaban J connectivity index is 1.70. The van der Waals surface area contributed by atoms with Crippen molar-refractivity contribution in [3.8, 4) is 0 Å². The number of amides is 2. The minimum absolute atomic E-state index is 0.236. The zero-order chi connectivity index (χ0) is 20.6. The Labute approximate surface area is 171 Å². The molecule has 3 aromatic heterocycles. The lowest BCUT2D eigenvalue weighted by atomic mass is 9.85. The fourth-order valence-corrected chi connectivity index (χ4v) is 4.74. The van der Waals surface area contributed by atoms with E-state index in [2.05, 4.69) is 32.2 Å². The molecule has 8 heteroatoms. The Bertz CT molecular complexity index is 1430. The number of fused-ring (bicyclic) bond motifs is 1. The van der Waals surface area contributed by atoms with Crippen LogP contribution in [0.3, 0.4) is 0 Å². The summed E-state index contributed by atoms with van der Waals surface area (Å²) in [5, 5.41) is 8.98. The van der Waals surface area contributed by atoms with Crippen LogP contribution in [-0.2, 0) is 16.6 Å². The first-order valence-electron chi connectivity index (χ1n) is 9.73. The van der Waals surface area contributed by atoms with Crippen molar-refractivity contribution in [3.63, 3.8) is 0 Å². The van der Waals surface area contributed by atoms with Gasteiger partial charge in [-0.2, -0.15) is 5.10 Å². The maximum atomic E-state index is 13.4. The van der Waals surface area contributed by atoms with E-state index >= 15 is 0 Å². The average molecular weight is 398 g/mol. The number of benzene rings is 1. The van der Waals surface area contributed by atoms with Crippen molar-refractivity contribution >= 4 is 34.1 Å². The third-order valence-corrected chi connectivity index (χ3v) is 6.04. The van der Waals surface area contributed by atoms with Gasteiger partial charge in [-0.3, -0.25) is 14.5 Å². The summed E-state index contributed by atoms with van der Waals surface area (Å²) in [6, 6.07) is 7.88. The first-order valence-corrected chi connectivity index (χ1v) is 9.73. The molecule has 1 unspecified atom stereocenters. The van der Waals surface area contributed by atoms with E-state index in [4.69, 9.17) is 0 Å². The van der Waals surface area contributed by atoms with Crippen LogP contribution in [0.1, 0.15) is 24.0 Å². The highest BCUT2D eigenvalue weighted by molar-refractivity contribution is 6.11. The van der Waals surface area contributed by atoms with Crippen LogP contribution in [-0.4, -0.2) is 42.4 Å². The molecule has 0 saturated carbocycles. The smallest absolute Gasteiger partial charge is 0.259 e. The third-order valence-electron chi connectivity index (χ3n) is 6.04. The lowest BCUT2D eigenvalue weighted by Crippen LogP contribution is -2.33. The molecule has 1 atom stereocenters. The number of carbonyl (C=O) groups excluding carboxylic acids is 2. The molecule has 5 heterocycles. The van der Waals surface area contributed by atoms with Crippen LogP contribution in [0.5, 0.6) is 0 Å². The molecular weight excluding hydrogens is 380 g/mol. The molecule has 0 bridgehead atoms. The number of carbonyl (C=O) groups is 2. The summed E-state index contributed by atoms with van der Waals surface area (Å²) in [4.78, 5) is 31.4. The second kappa shape index (κ2) is 5.79. The van der Waals surface area contributed by atoms with Gasteiger partial charge in [0.15, 0.2) is 5.65 Å². The minimum atomic E-state index is -0.385. The van der Waals surface area contributed by atoms with Crippen LogP contribution in [0.2, 0.25) is 0 Å². The van der Waals surface area contributed by atoms with Crippen molar-refractivity contribution < 1.29 is 9.59 Å². The van der Waals surface area contributed by atoms with Crippen molar-refractivity contribution in [3.05, 3.63) is 71.4 Å². The van der Waals surface area contributed by atoms with Gasteiger partial charge in [0.2, 0.25) is 5.91 Å². The summed E-state index contributed by atoms with van der Waals surface area (Å²) < 4.78 is 3.78. The Hall–Kier alpha value is -3.94. The molecule has 0 spiro atoms. The number of imide groups is 1. The van der Waals surface area contributed by atoms with Gasteiger partial charge in [0, 0.05) is 60.8 Å². The molecule has 8 nitrogen and oxygen atoms in total. The molecule has 0 aliphatic carbocycles. The number of nitrogens with zero attached hydrogens (tertiary/aromatic N) is 5. The van der Waals surface area contributed by atoms with Crippen LogP contribution in [0.25, 0.3) is 16.6 Å². The fourth-order valence-electron chi connectivity index (χ4n) is 4.74. The van der Waals surface area contributed by atoms with E-state index < -0.39 is 0 Å². The van der Waals surface area contributed by atoms with Gasteiger partial charge in [-0.1, -0.05) is 6.07 Å². The van der Waals surface area contributed by atoms with Gasteiger partial charge >= 0.3 is 0 Å². The van der Waals surface area contributed by atoms with Crippen LogP contribution >= 0.6 is 0 Å². The van der Waals surface area contributed by atoms with Gasteiger partial charge < -0.3 is 9.88 Å². The van der Waals surface area contributed by atoms with Crippen LogP contribution in [0.4, 0.5) is 5.69 Å². The average Bonchev–Trinajstić information content (AvgIpc) is 3.37. The maximum absolute atomic E-state index is 13.4. The largest absolute Gasteiger partial charge is 0.356 e. The van der Waals surface area contributed by atoms with Gasteiger partial charge in [-0.25, -0.2) is 9.50 Å². The highest BCUT2D eigenvalue weighted by Crippen LogP contribution is 2.46. The second-order valence-electron chi connectivity index (χ2n) is 7.74. The van der Waals surface area contributed by atoms with E-state index in [-0.39, 0.29) is 24.3 Å². The number of hydrogen-bond acceptors (Lipinski definition) is 5. The lowest BCUT2D eigenvalue weighted by Gasteiger charge is -2.18. The summed E-state index contributed by atoms with van der Waals surface area (Å²) in [6.45, 7) is 1.66. The van der Waals surface area contributed by atoms with E-state index in [1.165, 1.54) is 11.8 Å². The molecule has 2 aliphatic heterocycles. The Morgan fingerprint density at radius 1 is 1.23 bits per heavy atom. The van der Waals surface area contributed by atoms with Crippen LogP contribution in [0, 0.1) is 0 Å². The highest BCUT2D eigenvalue weighted by atomic mass is 16.2. The Morgan fingerprint density at radius 3 is 2.93 bits per heavy atom. The van der Waals surface area contributed by atoms with Crippen molar-refractivity contribution in [2.24, 2.45) is 7.05 Å². The normalized spacial score (nSPS) is 18.1. The van der Waals surface area contributed by atoms with E-state index in [0.29, 0.717) is 11.2 Å². The highest BCUT2D eigenvalue weighted by Gasteiger charge is 2.42. The first-order chi connectivity index (χ1) is 14.5. The number of rotatable bonds is 1. The molecule has 0 saturated heterocycles. The van der Waals surface area contributed by atoms with E-state index in [1.54, 1.807) is 16.9 Å². The first kappa shape index (κ1) is 17.0. The van der Waals surface area contributed by atoms with Gasteiger partial charge in [0.05, 0.1) is 23.8 Å². The molecule has 2 aliphatic rings. The predicted molar refractivity (Wildman–Crippen MR) is 111 cm³/mol. The summed E-state index contributed by atoms with van der Waals surface area (Å²) in [5.41, 5.74) is 5.87. The van der Waals surface area contributed by atoms with Gasteiger partial charge in [-0.05, 0) is 23.8 Å². The summed E-state index contributed by atoms with van der Waals surface area (Å²) >= 11 is 0. The topological polar surface area (TPSA) is 84.5 Å². The number of hydrogen-bond donors (Lipinski definition) is 1. The van der Waals surface area contributed by atoms with Crippen molar-refractivity contribution in [2.75, 3.05) is 11.9 Å². The number of aryl methyl sites for hydroxylation is 1. The lowest BCUT2D eigenvalue weighted by molar-refractivity contribution is -0.139. The number of anilines is 1. The monoisotopic (exact) mass is 398 g/mol. The summed E-state index contributed by atoms with van der Waals surface area (Å²) in [5.74, 6) is -0.919. The number of nitrogens with one attached hydrogen (secondary N) is 1. The standard InChI is InChI=1S/C22H18N6O2/c1-12(29)27-11-16-20(22(27)30)18(13-9-24-28-8-4-7-23-21(13)28)14-10-26(2)17-6-3-5-15(25-16)19(14)17/h3-10,18,25H,11H2,1-2H3. The van der Waals surface area contributed by atoms with Gasteiger partial charge in [0.25, 0.3) is 5.91 Å². The molecule has 1 aromatic carbocycles. The molecule has 4 aromatic rings. The molecule has 0 radical (unpaired) electrons. The van der Waals surface area contributed by atoms with Crippen LogP contribution in [0.15, 0.2) is 60.3 Å². The molecule has 2 amide bonds. The Kier molecular flexibility index (Phi) is 3.27. The molecule has 1 N–H and O–H groups in total. The fraction of sp³-hybridized carbons (Fsp3) is 0.182. The quantitative estimate of drug-likeness (QED) is 0.532. The molecule has 0 fully saturated rings. The SMILES string of the molecule is CC(=O)N1CC2=C(C1=O)C(c1cnn3cccnc13)c1cn(C)c3cccc(c13)N2. The zero-order valence-corrected chi connectivity index (χ0v) is 16.5. The summed E-state index contributed by atoms with van der Waals surface area (Å²) in [7, 11) is 2.00. The maximum Gasteiger partial charge on any atom is 0.259 e. The third kappa shape index (κ3) is 2.10. The summed E-state index contributed by atoms with van der Waals surface area (Å²) in [6.07, 6.45) is 7.39. The Morgan fingerprint density at radius 2 is 2.10 bits per heavy atom. The van der Waals surface area contributed by atoms with E-state index in [0.717, 1.165) is 33.4 Å². The molecule has 30 heavy (non-hydrogen) atoms. The minimum Gasteiger partial charge on any atom is -0.356 e. The van der Waals surface area contributed by atoms with Gasteiger partial charge in [0.1, 0.15) is 0 Å². The van der Waals surface area contributed by atoms with Crippen molar-refractivity contribution in [2.45, 2.75) is 12.8 Å². The van der Waals surface area contributed by atoms with Gasteiger partial charge in [-0.15, -0.1) is 0 Å². The van der Waals surface area contributed by atoms with Crippen LogP contribution < -0.4 is 5.32 Å². The van der Waals surface area contributed by atoms with Crippen molar-refractivity contribution in [1.29, 1.82) is 0 Å². The second-order valence-corrected chi connectivity index (χ2v) is 7.74. The van der Waals surface area contributed by atoms with Crippen molar-refractivity contribution in [1.82, 2.24) is 24.1 Å². The van der Waals surface area contributed by atoms with E-state index in [1.807, 2.05) is 31.4 Å². The molecular formula is C22H18N6O2. The molecule has 6 rings (SSSR count). The number of aromatic nitrogens is 4.